The molecule has 0 atom stereocenters. The Balaban J connectivity index is 1.92. The molecule has 3 nitrogen and oxygen atoms in total. The number of thiophene rings is 1. The first-order valence-corrected chi connectivity index (χ1v) is 7.10. The monoisotopic (exact) mass is 324 g/mol. The third kappa shape index (κ3) is 3.85. The first-order valence-electron chi connectivity index (χ1n) is 5.49. The fourth-order valence-electron chi connectivity index (χ4n) is 1.51. The first kappa shape index (κ1) is 13.1. The zero-order chi connectivity index (χ0) is 13.0. The highest BCUT2D eigenvalue weighted by molar-refractivity contribution is 9.11. The Morgan fingerprint density at radius 3 is 2.39 bits per heavy atom. The normalized spacial score (nSPS) is 10.1. The SMILES string of the molecule is CC(=O)Nc1ccc(NCc2ccc(Br)s2)cc1. The lowest BCUT2D eigenvalue weighted by atomic mass is 10.2. The predicted molar refractivity (Wildman–Crippen MR) is 80.1 cm³/mol. The Kier molecular flexibility index (Phi) is 4.38. The molecular weight excluding hydrogens is 312 g/mol. The zero-order valence-corrected chi connectivity index (χ0v) is 12.3. The van der Waals surface area contributed by atoms with Gasteiger partial charge in [-0.25, -0.2) is 0 Å². The highest BCUT2D eigenvalue weighted by Gasteiger charge is 1.99. The second-order valence-corrected chi connectivity index (χ2v) is 6.37. The quantitative estimate of drug-likeness (QED) is 0.889. The number of rotatable bonds is 4. The molecule has 1 aromatic heterocycles. The molecule has 0 radical (unpaired) electrons. The Morgan fingerprint density at radius 1 is 1.17 bits per heavy atom. The number of nitrogens with one attached hydrogen (secondary N) is 2. The lowest BCUT2D eigenvalue weighted by Crippen LogP contribution is -2.05. The van der Waals surface area contributed by atoms with Gasteiger partial charge in [0.05, 0.1) is 3.79 Å². The van der Waals surface area contributed by atoms with Crippen molar-refractivity contribution in [2.45, 2.75) is 13.5 Å². The van der Waals surface area contributed by atoms with Gasteiger partial charge < -0.3 is 10.6 Å². The molecule has 0 aliphatic rings. The third-order valence-corrected chi connectivity index (χ3v) is 3.92. The molecule has 2 rings (SSSR count). The van der Waals surface area contributed by atoms with Crippen LogP contribution in [0.15, 0.2) is 40.2 Å². The highest BCUT2D eigenvalue weighted by atomic mass is 79.9. The number of hydrogen-bond acceptors (Lipinski definition) is 3. The van der Waals surface area contributed by atoms with Gasteiger partial charge in [0.1, 0.15) is 0 Å². The van der Waals surface area contributed by atoms with E-state index in [0.29, 0.717) is 0 Å². The van der Waals surface area contributed by atoms with Crippen LogP contribution in [0.2, 0.25) is 0 Å². The molecule has 0 saturated heterocycles. The van der Waals surface area contributed by atoms with Crippen molar-refractivity contribution in [2.75, 3.05) is 10.6 Å². The summed E-state index contributed by atoms with van der Waals surface area (Å²) in [4.78, 5) is 12.2. The van der Waals surface area contributed by atoms with E-state index in [4.69, 9.17) is 0 Å². The second-order valence-electron chi connectivity index (χ2n) is 3.82. The van der Waals surface area contributed by atoms with Crippen molar-refractivity contribution in [1.29, 1.82) is 0 Å². The van der Waals surface area contributed by atoms with Crippen LogP contribution in [-0.2, 0) is 11.3 Å². The molecular formula is C13H13BrN2OS. The zero-order valence-electron chi connectivity index (χ0n) is 9.87. The average molecular weight is 325 g/mol. The summed E-state index contributed by atoms with van der Waals surface area (Å²) >= 11 is 5.16. The third-order valence-electron chi connectivity index (χ3n) is 2.30. The topological polar surface area (TPSA) is 41.1 Å². The Labute approximate surface area is 118 Å². The maximum absolute atomic E-state index is 10.9. The molecule has 2 aromatic rings. The summed E-state index contributed by atoms with van der Waals surface area (Å²) in [5, 5.41) is 6.07. The fourth-order valence-corrected chi connectivity index (χ4v) is 2.93. The van der Waals surface area contributed by atoms with E-state index in [9.17, 15) is 4.79 Å². The summed E-state index contributed by atoms with van der Waals surface area (Å²) in [6, 6.07) is 11.8. The van der Waals surface area contributed by atoms with Gasteiger partial charge in [-0.1, -0.05) is 0 Å². The van der Waals surface area contributed by atoms with Gasteiger partial charge in [0, 0.05) is 29.7 Å². The minimum absolute atomic E-state index is 0.0563. The van der Waals surface area contributed by atoms with E-state index in [1.54, 1.807) is 11.3 Å². The fraction of sp³-hybridized carbons (Fsp3) is 0.154. The Hall–Kier alpha value is -1.33. The largest absolute Gasteiger partial charge is 0.380 e. The molecule has 0 unspecified atom stereocenters. The van der Waals surface area contributed by atoms with Gasteiger partial charge in [-0.3, -0.25) is 4.79 Å². The number of benzene rings is 1. The van der Waals surface area contributed by atoms with Gasteiger partial charge in [-0.05, 0) is 52.3 Å². The molecule has 0 bridgehead atoms. The molecule has 94 valence electrons. The van der Waals surface area contributed by atoms with Gasteiger partial charge in [0.2, 0.25) is 5.91 Å². The van der Waals surface area contributed by atoms with Crippen molar-refractivity contribution in [1.82, 2.24) is 0 Å². The molecule has 1 aromatic carbocycles. The van der Waals surface area contributed by atoms with E-state index < -0.39 is 0 Å². The number of amides is 1. The first-order chi connectivity index (χ1) is 8.63. The van der Waals surface area contributed by atoms with E-state index >= 15 is 0 Å². The molecule has 5 heteroatoms. The van der Waals surface area contributed by atoms with Gasteiger partial charge in [-0.15, -0.1) is 11.3 Å². The smallest absolute Gasteiger partial charge is 0.221 e. The molecule has 1 heterocycles. The van der Waals surface area contributed by atoms with Gasteiger partial charge >= 0.3 is 0 Å². The van der Waals surface area contributed by atoms with Crippen LogP contribution in [0.3, 0.4) is 0 Å². The molecule has 0 aliphatic heterocycles. The maximum atomic E-state index is 10.9. The van der Waals surface area contributed by atoms with Crippen molar-refractivity contribution >= 4 is 44.5 Å². The molecule has 18 heavy (non-hydrogen) atoms. The van der Waals surface area contributed by atoms with Crippen LogP contribution in [0.4, 0.5) is 11.4 Å². The summed E-state index contributed by atoms with van der Waals surface area (Å²) < 4.78 is 1.14. The lowest BCUT2D eigenvalue weighted by Gasteiger charge is -2.06. The van der Waals surface area contributed by atoms with E-state index in [2.05, 4.69) is 32.6 Å². The van der Waals surface area contributed by atoms with Crippen LogP contribution in [0, 0.1) is 0 Å². The minimum atomic E-state index is -0.0563. The van der Waals surface area contributed by atoms with E-state index in [0.717, 1.165) is 21.7 Å². The summed E-state index contributed by atoms with van der Waals surface area (Å²) in [6.07, 6.45) is 0. The minimum Gasteiger partial charge on any atom is -0.380 e. The summed E-state index contributed by atoms with van der Waals surface area (Å²) in [5.41, 5.74) is 1.85. The molecule has 0 saturated carbocycles. The summed E-state index contributed by atoms with van der Waals surface area (Å²) in [5.74, 6) is -0.0563. The maximum Gasteiger partial charge on any atom is 0.221 e. The van der Waals surface area contributed by atoms with Crippen molar-refractivity contribution in [3.05, 3.63) is 45.1 Å². The van der Waals surface area contributed by atoms with Crippen molar-refractivity contribution in [3.63, 3.8) is 0 Å². The Bertz CT molecular complexity index is 536. The van der Waals surface area contributed by atoms with Crippen molar-refractivity contribution in [2.24, 2.45) is 0 Å². The van der Waals surface area contributed by atoms with Crippen LogP contribution in [-0.4, -0.2) is 5.91 Å². The molecule has 1 amide bonds. The standard InChI is InChI=1S/C13H13BrN2OS/c1-9(17)16-11-4-2-10(3-5-11)15-8-12-6-7-13(14)18-12/h2-7,15H,8H2,1H3,(H,16,17). The van der Waals surface area contributed by atoms with Crippen molar-refractivity contribution < 1.29 is 4.79 Å². The Morgan fingerprint density at radius 2 is 1.83 bits per heavy atom. The highest BCUT2D eigenvalue weighted by Crippen LogP contribution is 2.23. The number of carbonyl (C=O) groups is 1. The number of anilines is 2. The summed E-state index contributed by atoms with van der Waals surface area (Å²) in [7, 11) is 0. The van der Waals surface area contributed by atoms with Crippen LogP contribution < -0.4 is 10.6 Å². The molecule has 0 fully saturated rings. The van der Waals surface area contributed by atoms with Gasteiger partial charge in [0.25, 0.3) is 0 Å². The predicted octanol–water partition coefficient (Wildman–Crippen LogP) is 4.08. The second kappa shape index (κ2) is 6.02. The van der Waals surface area contributed by atoms with Crippen LogP contribution in [0.1, 0.15) is 11.8 Å². The molecule has 2 N–H and O–H groups in total. The van der Waals surface area contributed by atoms with Gasteiger partial charge in [0.15, 0.2) is 0 Å². The number of carbonyl (C=O) groups excluding carboxylic acids is 1. The average Bonchev–Trinajstić information content (AvgIpc) is 2.74. The number of hydrogen-bond donors (Lipinski definition) is 2. The van der Waals surface area contributed by atoms with Crippen LogP contribution in [0.5, 0.6) is 0 Å². The van der Waals surface area contributed by atoms with Crippen LogP contribution >= 0.6 is 27.3 Å². The van der Waals surface area contributed by atoms with Crippen molar-refractivity contribution in [3.8, 4) is 0 Å². The van der Waals surface area contributed by atoms with E-state index in [1.807, 2.05) is 30.3 Å². The van der Waals surface area contributed by atoms with E-state index in [1.165, 1.54) is 11.8 Å². The lowest BCUT2D eigenvalue weighted by molar-refractivity contribution is -0.114. The van der Waals surface area contributed by atoms with E-state index in [-0.39, 0.29) is 5.91 Å². The number of halogens is 1. The summed E-state index contributed by atoms with van der Waals surface area (Å²) in [6.45, 7) is 2.30. The molecule has 0 aliphatic carbocycles. The van der Waals surface area contributed by atoms with Crippen LogP contribution in [0.25, 0.3) is 0 Å². The van der Waals surface area contributed by atoms with Gasteiger partial charge in [-0.2, -0.15) is 0 Å². The molecule has 0 spiro atoms.